The summed E-state index contributed by atoms with van der Waals surface area (Å²) in [5.41, 5.74) is 0.938. The summed E-state index contributed by atoms with van der Waals surface area (Å²) in [5.74, 6) is -5.10. The van der Waals surface area contributed by atoms with E-state index < -0.39 is 66.0 Å². The minimum Gasteiger partial charge on any atom is -0.481 e. The molecule has 1 aliphatic heterocycles. The Morgan fingerprint density at radius 1 is 1.02 bits per heavy atom. The summed E-state index contributed by atoms with van der Waals surface area (Å²) in [6, 6.07) is 2.40. The molecule has 0 radical (unpaired) electrons. The second-order valence-electron chi connectivity index (χ2n) is 8.98. The molecule has 5 atom stereocenters. The molecule has 0 fully saturated rings. The number of benzene rings is 1. The number of carboxylic acids is 3. The molecular formula is C24H28N6O11. The minimum absolute atomic E-state index is 0.0706. The van der Waals surface area contributed by atoms with Crippen molar-refractivity contribution in [3.05, 3.63) is 47.9 Å². The Labute approximate surface area is 231 Å². The first-order chi connectivity index (χ1) is 19.3. The SMILES string of the molecule is CC(=O)N[C@H]1[C@H]([C@H](O)[C@H](O)Cn2cc(-c3ccc(C(=O)O)cc3)nn2)OC(C(=O)O)=C[C@@H]1NC(=O)NCCC(=O)O. The van der Waals surface area contributed by atoms with E-state index in [2.05, 4.69) is 26.3 Å². The molecule has 0 aliphatic carbocycles. The van der Waals surface area contributed by atoms with Gasteiger partial charge in [0.15, 0.2) is 0 Å². The number of carbonyl (C=O) groups is 5. The quantitative estimate of drug-likeness (QED) is 0.141. The lowest BCUT2D eigenvalue weighted by Crippen LogP contribution is -2.64. The molecule has 0 saturated heterocycles. The van der Waals surface area contributed by atoms with Gasteiger partial charge in [0, 0.05) is 19.0 Å². The molecule has 1 aliphatic rings. The number of aliphatic hydroxyl groups excluding tert-OH is 2. The molecule has 17 nitrogen and oxygen atoms in total. The summed E-state index contributed by atoms with van der Waals surface area (Å²) < 4.78 is 6.59. The van der Waals surface area contributed by atoms with Crippen LogP contribution >= 0.6 is 0 Å². The third-order valence-corrected chi connectivity index (χ3v) is 5.91. The first-order valence-corrected chi connectivity index (χ1v) is 12.1. The molecule has 0 saturated carbocycles. The van der Waals surface area contributed by atoms with Crippen LogP contribution in [0.25, 0.3) is 11.3 Å². The van der Waals surface area contributed by atoms with Crippen LogP contribution in [-0.4, -0.2) is 107 Å². The zero-order chi connectivity index (χ0) is 30.3. The lowest BCUT2D eigenvalue weighted by molar-refractivity contribution is -0.145. The summed E-state index contributed by atoms with van der Waals surface area (Å²) in [6.07, 6.45) is -2.99. The second kappa shape index (κ2) is 13.4. The zero-order valence-electron chi connectivity index (χ0n) is 21.5. The van der Waals surface area contributed by atoms with Gasteiger partial charge in [0.05, 0.1) is 36.8 Å². The summed E-state index contributed by atoms with van der Waals surface area (Å²) >= 11 is 0. The number of urea groups is 1. The number of nitrogens with one attached hydrogen (secondary N) is 3. The van der Waals surface area contributed by atoms with E-state index >= 15 is 0 Å². The van der Waals surface area contributed by atoms with Gasteiger partial charge >= 0.3 is 23.9 Å². The fourth-order valence-electron chi connectivity index (χ4n) is 3.98. The molecule has 2 aromatic rings. The van der Waals surface area contributed by atoms with Crippen LogP contribution < -0.4 is 16.0 Å². The Morgan fingerprint density at radius 2 is 1.71 bits per heavy atom. The molecule has 0 unspecified atom stereocenters. The van der Waals surface area contributed by atoms with Crippen molar-refractivity contribution in [2.45, 2.75) is 50.3 Å². The van der Waals surface area contributed by atoms with Gasteiger partial charge in [-0.15, -0.1) is 5.10 Å². The monoisotopic (exact) mass is 576 g/mol. The number of aliphatic hydroxyl groups is 2. The molecule has 17 heteroatoms. The molecule has 2 heterocycles. The van der Waals surface area contributed by atoms with Gasteiger partial charge in [-0.25, -0.2) is 19.1 Å². The highest BCUT2D eigenvalue weighted by Crippen LogP contribution is 2.24. The van der Waals surface area contributed by atoms with Crippen molar-refractivity contribution in [3.63, 3.8) is 0 Å². The number of carboxylic acid groups (broad SMARTS) is 3. The topological polar surface area (TPSA) is 263 Å². The van der Waals surface area contributed by atoms with Crippen LogP contribution in [0.1, 0.15) is 23.7 Å². The van der Waals surface area contributed by atoms with Crippen LogP contribution in [0.4, 0.5) is 4.79 Å². The summed E-state index contributed by atoms with van der Waals surface area (Å²) in [6.45, 7) is 0.549. The van der Waals surface area contributed by atoms with Crippen LogP contribution in [0.2, 0.25) is 0 Å². The highest BCUT2D eigenvalue weighted by Gasteiger charge is 2.44. The van der Waals surface area contributed by atoms with Crippen LogP contribution in [0.15, 0.2) is 42.3 Å². The van der Waals surface area contributed by atoms with Crippen LogP contribution in [-0.2, 0) is 25.7 Å². The van der Waals surface area contributed by atoms with E-state index in [-0.39, 0.29) is 25.1 Å². The number of aromatic nitrogens is 3. The molecule has 3 amide bonds. The fourth-order valence-corrected chi connectivity index (χ4v) is 3.98. The number of hydrogen-bond acceptors (Lipinski definition) is 10. The number of aromatic carboxylic acids is 1. The Morgan fingerprint density at radius 3 is 2.29 bits per heavy atom. The standard InChI is InChI=1S/C24H28N6O11/c1-11(31)26-19-14(27-24(40)25-7-6-18(33)34)8-17(23(38)39)41-21(19)20(35)16(32)10-30-9-15(28-29-30)12-2-4-13(5-3-12)22(36)37/h2-5,8-9,14,16,19-21,32,35H,6-7,10H2,1H3,(H,26,31)(H,33,34)(H,36,37)(H,38,39)(H2,25,27,40)/t14-,16+,19+,20+,21+/m0/s1. The second-order valence-corrected chi connectivity index (χ2v) is 8.98. The summed E-state index contributed by atoms with van der Waals surface area (Å²) in [4.78, 5) is 57.7. The van der Waals surface area contributed by atoms with E-state index in [1.165, 1.54) is 35.1 Å². The molecule has 0 spiro atoms. The number of hydrogen-bond donors (Lipinski definition) is 8. The predicted molar refractivity (Wildman–Crippen MR) is 135 cm³/mol. The molecule has 8 N–H and O–H groups in total. The number of rotatable bonds is 12. The van der Waals surface area contributed by atoms with Crippen LogP contribution in [0.3, 0.4) is 0 Å². The van der Waals surface area contributed by atoms with Gasteiger partial charge in [0.1, 0.15) is 24.0 Å². The maximum atomic E-state index is 12.3. The van der Waals surface area contributed by atoms with E-state index in [4.69, 9.17) is 14.9 Å². The van der Waals surface area contributed by atoms with Crippen molar-refractivity contribution >= 4 is 29.8 Å². The van der Waals surface area contributed by atoms with Gasteiger partial charge < -0.3 is 46.2 Å². The fraction of sp³-hybridized carbons (Fsp3) is 0.375. The lowest BCUT2D eigenvalue weighted by Gasteiger charge is -2.40. The van der Waals surface area contributed by atoms with Gasteiger partial charge in [0.2, 0.25) is 11.7 Å². The van der Waals surface area contributed by atoms with Gasteiger partial charge in [-0.2, -0.15) is 0 Å². The largest absolute Gasteiger partial charge is 0.481 e. The van der Waals surface area contributed by atoms with E-state index in [9.17, 15) is 39.3 Å². The normalized spacial score (nSPS) is 19.6. The Kier molecular flexibility index (Phi) is 9.94. The average Bonchev–Trinajstić information content (AvgIpc) is 3.36. The van der Waals surface area contributed by atoms with E-state index in [0.29, 0.717) is 11.3 Å². The Bertz CT molecular complexity index is 1330. The maximum Gasteiger partial charge on any atom is 0.370 e. The molecular weight excluding hydrogens is 548 g/mol. The van der Waals surface area contributed by atoms with E-state index in [1.807, 2.05) is 0 Å². The minimum atomic E-state index is -1.82. The number of carbonyl (C=O) groups excluding carboxylic acids is 2. The molecule has 1 aromatic heterocycles. The molecule has 1 aromatic carbocycles. The zero-order valence-corrected chi connectivity index (χ0v) is 21.5. The van der Waals surface area contributed by atoms with Gasteiger partial charge in [0.25, 0.3) is 0 Å². The van der Waals surface area contributed by atoms with E-state index in [0.717, 1.165) is 13.0 Å². The van der Waals surface area contributed by atoms with E-state index in [1.54, 1.807) is 0 Å². The number of ether oxygens (including phenoxy) is 1. The highest BCUT2D eigenvalue weighted by atomic mass is 16.5. The lowest BCUT2D eigenvalue weighted by atomic mass is 9.91. The average molecular weight is 577 g/mol. The van der Waals surface area contributed by atoms with Crippen molar-refractivity contribution in [3.8, 4) is 11.3 Å². The maximum absolute atomic E-state index is 12.3. The first-order valence-electron chi connectivity index (χ1n) is 12.1. The summed E-state index contributed by atoms with van der Waals surface area (Å²) in [7, 11) is 0. The number of aliphatic carboxylic acids is 2. The summed E-state index contributed by atoms with van der Waals surface area (Å²) in [5, 5.41) is 64.1. The number of amides is 3. The van der Waals surface area contributed by atoms with Crippen molar-refractivity contribution in [2.24, 2.45) is 0 Å². The first kappa shape index (κ1) is 30.5. The van der Waals surface area contributed by atoms with Gasteiger partial charge in [-0.3, -0.25) is 9.59 Å². The molecule has 220 valence electrons. The van der Waals surface area contributed by atoms with Crippen molar-refractivity contribution in [1.82, 2.24) is 30.9 Å². The third-order valence-electron chi connectivity index (χ3n) is 5.91. The molecule has 0 bridgehead atoms. The predicted octanol–water partition coefficient (Wildman–Crippen LogP) is -1.62. The number of nitrogens with zero attached hydrogens (tertiary/aromatic N) is 3. The van der Waals surface area contributed by atoms with Crippen LogP contribution in [0.5, 0.6) is 0 Å². The van der Waals surface area contributed by atoms with Gasteiger partial charge in [-0.1, -0.05) is 17.3 Å². The Hall–Kier alpha value is -5.03. The Balaban J connectivity index is 1.77. The smallest absolute Gasteiger partial charge is 0.370 e. The van der Waals surface area contributed by atoms with Crippen LogP contribution in [0, 0.1) is 0 Å². The van der Waals surface area contributed by atoms with Crippen molar-refractivity contribution in [1.29, 1.82) is 0 Å². The van der Waals surface area contributed by atoms with Gasteiger partial charge in [-0.05, 0) is 18.2 Å². The molecule has 3 rings (SSSR count). The third kappa shape index (κ3) is 8.23. The van der Waals surface area contributed by atoms with Crippen molar-refractivity contribution in [2.75, 3.05) is 6.54 Å². The van der Waals surface area contributed by atoms with Crippen molar-refractivity contribution < 1.29 is 54.2 Å². The highest BCUT2D eigenvalue weighted by molar-refractivity contribution is 5.88. The molecule has 41 heavy (non-hydrogen) atoms.